The number of carbonyl (C=O) groups is 1. The molecule has 0 spiro atoms. The highest BCUT2D eigenvalue weighted by Gasteiger charge is 2.28. The molecule has 4 heterocycles. The Morgan fingerprint density at radius 2 is 2.24 bits per heavy atom. The van der Waals surface area contributed by atoms with E-state index >= 15 is 0 Å². The molecule has 1 N–H and O–H groups in total. The van der Waals surface area contributed by atoms with E-state index in [9.17, 15) is 9.59 Å². The number of aromatic amines is 1. The highest BCUT2D eigenvalue weighted by atomic mass is 16.3. The molecule has 1 aliphatic heterocycles. The molecular weight excluding hydrogens is 320 g/mol. The zero-order valence-corrected chi connectivity index (χ0v) is 14.3. The molecule has 7 nitrogen and oxygen atoms in total. The molecule has 25 heavy (non-hydrogen) atoms. The Hall–Kier alpha value is -2.83. The van der Waals surface area contributed by atoms with Crippen LogP contribution in [0, 0.1) is 13.8 Å². The van der Waals surface area contributed by atoms with Gasteiger partial charge in [-0.3, -0.25) is 14.7 Å². The first kappa shape index (κ1) is 15.7. The second-order valence-electron chi connectivity index (χ2n) is 6.60. The standard InChI is InChI=1S/C18H20N4O3/c1-11-12(2)19-16-9-14(20-22(16)17(11)23)13-5-3-7-21(10-13)18(24)15-6-4-8-25-15/h4,6,8-9,13,20H,3,5,7,10H2,1-2H3/t13-/m0/s1. The Morgan fingerprint density at radius 3 is 3.00 bits per heavy atom. The van der Waals surface area contributed by atoms with Gasteiger partial charge in [-0.1, -0.05) is 0 Å². The van der Waals surface area contributed by atoms with Crippen LogP contribution in [0.4, 0.5) is 0 Å². The lowest BCUT2D eigenvalue weighted by atomic mass is 9.94. The topological polar surface area (TPSA) is 83.6 Å². The van der Waals surface area contributed by atoms with E-state index in [0.29, 0.717) is 30.1 Å². The number of fused-ring (bicyclic) bond motifs is 1. The van der Waals surface area contributed by atoms with Crippen molar-refractivity contribution in [2.75, 3.05) is 13.1 Å². The van der Waals surface area contributed by atoms with Gasteiger partial charge in [0.1, 0.15) is 0 Å². The molecule has 0 radical (unpaired) electrons. The van der Waals surface area contributed by atoms with E-state index in [-0.39, 0.29) is 17.4 Å². The van der Waals surface area contributed by atoms with E-state index in [1.807, 2.05) is 17.9 Å². The third-order valence-corrected chi connectivity index (χ3v) is 4.98. The number of nitrogens with zero attached hydrogens (tertiary/aromatic N) is 3. The fourth-order valence-electron chi connectivity index (χ4n) is 3.42. The number of carbonyl (C=O) groups excluding carboxylic acids is 1. The number of nitrogens with one attached hydrogen (secondary N) is 1. The van der Waals surface area contributed by atoms with Crippen molar-refractivity contribution in [3.8, 4) is 0 Å². The zero-order chi connectivity index (χ0) is 17.6. The van der Waals surface area contributed by atoms with Crippen molar-refractivity contribution >= 4 is 11.6 Å². The SMILES string of the molecule is Cc1nc2cc([C@H]3CCCN(C(=O)c4ccco4)C3)[nH]n2c(=O)c1C. The number of piperidine rings is 1. The van der Waals surface area contributed by atoms with E-state index in [1.54, 1.807) is 19.1 Å². The van der Waals surface area contributed by atoms with Crippen molar-refractivity contribution in [3.63, 3.8) is 0 Å². The van der Waals surface area contributed by atoms with Crippen molar-refractivity contribution in [1.82, 2.24) is 19.5 Å². The predicted molar refractivity (Wildman–Crippen MR) is 91.9 cm³/mol. The highest BCUT2D eigenvalue weighted by Crippen LogP contribution is 2.27. The molecular formula is C18H20N4O3. The summed E-state index contributed by atoms with van der Waals surface area (Å²) in [5.74, 6) is 0.420. The van der Waals surface area contributed by atoms with E-state index in [1.165, 1.54) is 10.8 Å². The molecule has 7 heteroatoms. The zero-order valence-electron chi connectivity index (χ0n) is 14.3. The van der Waals surface area contributed by atoms with Gasteiger partial charge in [0, 0.05) is 42.0 Å². The van der Waals surface area contributed by atoms with Gasteiger partial charge in [-0.05, 0) is 38.8 Å². The summed E-state index contributed by atoms with van der Waals surface area (Å²) in [5, 5.41) is 3.18. The summed E-state index contributed by atoms with van der Waals surface area (Å²) in [7, 11) is 0. The maximum absolute atomic E-state index is 12.5. The molecule has 130 valence electrons. The maximum atomic E-state index is 12.5. The molecule has 3 aromatic rings. The summed E-state index contributed by atoms with van der Waals surface area (Å²) < 4.78 is 6.72. The number of hydrogen-bond donors (Lipinski definition) is 1. The predicted octanol–water partition coefficient (Wildman–Crippen LogP) is 2.25. The first-order chi connectivity index (χ1) is 12.0. The average molecular weight is 340 g/mol. The molecule has 0 bridgehead atoms. The minimum atomic E-state index is -0.0900. The van der Waals surface area contributed by atoms with Gasteiger partial charge in [0.2, 0.25) is 0 Å². The Balaban J connectivity index is 1.63. The molecule has 0 aromatic carbocycles. The van der Waals surface area contributed by atoms with E-state index in [2.05, 4.69) is 10.1 Å². The van der Waals surface area contributed by atoms with Crippen LogP contribution in [0.25, 0.3) is 5.65 Å². The monoisotopic (exact) mass is 340 g/mol. The van der Waals surface area contributed by atoms with Gasteiger partial charge in [0.05, 0.1) is 6.26 Å². The van der Waals surface area contributed by atoms with Crippen LogP contribution in [0.15, 0.2) is 33.7 Å². The van der Waals surface area contributed by atoms with Crippen molar-refractivity contribution in [2.24, 2.45) is 0 Å². The van der Waals surface area contributed by atoms with Gasteiger partial charge in [-0.15, -0.1) is 0 Å². The van der Waals surface area contributed by atoms with Crippen LogP contribution in [0.2, 0.25) is 0 Å². The van der Waals surface area contributed by atoms with Crippen molar-refractivity contribution in [2.45, 2.75) is 32.6 Å². The normalized spacial score (nSPS) is 18.0. The van der Waals surface area contributed by atoms with Crippen LogP contribution in [0.3, 0.4) is 0 Å². The van der Waals surface area contributed by atoms with Crippen LogP contribution in [0.5, 0.6) is 0 Å². The lowest BCUT2D eigenvalue weighted by Crippen LogP contribution is -2.39. The molecule has 1 fully saturated rings. The number of aryl methyl sites for hydroxylation is 1. The van der Waals surface area contributed by atoms with E-state index < -0.39 is 0 Å². The van der Waals surface area contributed by atoms with Gasteiger partial charge in [0.25, 0.3) is 11.5 Å². The fourth-order valence-corrected chi connectivity index (χ4v) is 3.42. The summed E-state index contributed by atoms with van der Waals surface area (Å²) >= 11 is 0. The molecule has 1 saturated heterocycles. The lowest BCUT2D eigenvalue weighted by molar-refractivity contribution is 0.0673. The second-order valence-corrected chi connectivity index (χ2v) is 6.60. The third-order valence-electron chi connectivity index (χ3n) is 4.98. The van der Waals surface area contributed by atoms with E-state index in [0.717, 1.165) is 24.2 Å². The number of amides is 1. The minimum absolute atomic E-state index is 0.0759. The van der Waals surface area contributed by atoms with E-state index in [4.69, 9.17) is 4.42 Å². The smallest absolute Gasteiger partial charge is 0.289 e. The Labute approximate surface area is 144 Å². The van der Waals surface area contributed by atoms with Crippen molar-refractivity contribution in [1.29, 1.82) is 0 Å². The average Bonchev–Trinajstić information content (AvgIpc) is 3.29. The first-order valence-corrected chi connectivity index (χ1v) is 8.46. The Kier molecular flexibility index (Phi) is 3.71. The number of hydrogen-bond acceptors (Lipinski definition) is 4. The molecule has 0 saturated carbocycles. The summed E-state index contributed by atoms with van der Waals surface area (Å²) in [4.78, 5) is 31.2. The quantitative estimate of drug-likeness (QED) is 0.775. The third kappa shape index (κ3) is 2.65. The lowest BCUT2D eigenvalue weighted by Gasteiger charge is -2.31. The van der Waals surface area contributed by atoms with Gasteiger partial charge < -0.3 is 9.32 Å². The van der Waals surface area contributed by atoms with Gasteiger partial charge >= 0.3 is 0 Å². The van der Waals surface area contributed by atoms with Crippen LogP contribution in [0.1, 0.15) is 46.3 Å². The minimum Gasteiger partial charge on any atom is -0.459 e. The molecule has 1 aliphatic rings. The van der Waals surface area contributed by atoms with Gasteiger partial charge in [0.15, 0.2) is 11.4 Å². The van der Waals surface area contributed by atoms with Gasteiger partial charge in [-0.2, -0.15) is 0 Å². The maximum Gasteiger partial charge on any atom is 0.289 e. The van der Waals surface area contributed by atoms with Crippen LogP contribution >= 0.6 is 0 Å². The summed E-state index contributed by atoms with van der Waals surface area (Å²) in [5.41, 5.74) is 2.87. The second kappa shape index (κ2) is 5.91. The summed E-state index contributed by atoms with van der Waals surface area (Å²) in [6.07, 6.45) is 3.38. The molecule has 0 aliphatic carbocycles. The number of furan rings is 1. The number of H-pyrrole nitrogens is 1. The number of likely N-dealkylation sites (tertiary alicyclic amines) is 1. The Bertz CT molecular complexity index is 984. The van der Waals surface area contributed by atoms with Gasteiger partial charge in [-0.25, -0.2) is 9.50 Å². The number of rotatable bonds is 2. The molecule has 3 aromatic heterocycles. The summed E-state index contributed by atoms with van der Waals surface area (Å²) in [6.45, 7) is 4.93. The molecule has 4 rings (SSSR count). The van der Waals surface area contributed by atoms with Crippen molar-refractivity contribution < 1.29 is 9.21 Å². The van der Waals surface area contributed by atoms with Crippen molar-refractivity contribution in [3.05, 3.63) is 57.5 Å². The largest absolute Gasteiger partial charge is 0.459 e. The fraction of sp³-hybridized carbons (Fsp3) is 0.389. The van der Waals surface area contributed by atoms with Crippen LogP contribution in [-0.4, -0.2) is 38.5 Å². The molecule has 1 atom stereocenters. The van der Waals surface area contributed by atoms with Crippen LogP contribution < -0.4 is 5.56 Å². The van der Waals surface area contributed by atoms with Crippen LogP contribution in [-0.2, 0) is 0 Å². The Morgan fingerprint density at radius 1 is 1.40 bits per heavy atom. The molecule has 0 unspecified atom stereocenters. The first-order valence-electron chi connectivity index (χ1n) is 8.46. The summed E-state index contributed by atoms with van der Waals surface area (Å²) in [6, 6.07) is 5.32. The highest BCUT2D eigenvalue weighted by molar-refractivity contribution is 5.91. The molecule has 1 amide bonds. The number of aromatic nitrogens is 3.